The van der Waals surface area contributed by atoms with Gasteiger partial charge in [0.1, 0.15) is 0 Å². The molecule has 0 amide bonds. The first-order valence-electron chi connectivity index (χ1n) is 34.3. The molecule has 2 aliphatic rings. The predicted octanol–water partition coefficient (Wildman–Crippen LogP) is 25.7. The third-order valence-electron chi connectivity index (χ3n) is 16.6. The van der Waals surface area contributed by atoms with Crippen molar-refractivity contribution in [3.05, 3.63) is 0 Å². The molecule has 0 aromatic rings. The maximum absolute atomic E-state index is 2.36. The molecule has 0 radical (unpaired) electrons. The summed E-state index contributed by atoms with van der Waals surface area (Å²) in [5.74, 6) is 28.2. The number of hydrogen-bond acceptors (Lipinski definition) is 10. The third-order valence-corrected chi connectivity index (χ3v) is 28.6. The fraction of sp³-hybridized carbons (Fsp3) is 1.00. The van der Waals surface area contributed by atoms with Crippen molar-refractivity contribution in [2.75, 3.05) is 92.0 Å². The van der Waals surface area contributed by atoms with E-state index in [1.54, 1.807) is 12.8 Å². The van der Waals surface area contributed by atoms with E-state index in [4.69, 9.17) is 0 Å². The van der Waals surface area contributed by atoms with Crippen LogP contribution in [0.4, 0.5) is 0 Å². The number of hydrogen-bond donors (Lipinski definition) is 0. The molecule has 0 aliphatic heterocycles. The molecule has 10 heteroatoms. The highest BCUT2D eigenvalue weighted by Gasteiger charge is 2.31. The third kappa shape index (κ3) is 52.3. The Hall–Kier alpha value is 3.50. The largest absolute Gasteiger partial charge is 0.162 e. The van der Waals surface area contributed by atoms with E-state index < -0.39 is 0 Å². The second-order valence-electron chi connectivity index (χ2n) is 28.7. The Kier molecular flexibility index (Phi) is 50.9. The minimum atomic E-state index is 0.423. The molecule has 0 heterocycles. The Morgan fingerprint density at radius 3 is 0.637 bits per heavy atom. The van der Waals surface area contributed by atoms with Crippen molar-refractivity contribution in [2.45, 2.75) is 308 Å². The van der Waals surface area contributed by atoms with Gasteiger partial charge < -0.3 is 0 Å². The lowest BCUT2D eigenvalue weighted by Crippen LogP contribution is -2.26. The summed E-state index contributed by atoms with van der Waals surface area (Å²) >= 11 is 22.4. The van der Waals surface area contributed by atoms with Gasteiger partial charge in [-0.1, -0.05) is 160 Å². The summed E-state index contributed by atoms with van der Waals surface area (Å²) in [6.45, 7) is 28.3. The van der Waals surface area contributed by atoms with Crippen LogP contribution in [-0.2, 0) is 0 Å². The zero-order chi connectivity index (χ0) is 58.5. The van der Waals surface area contributed by atoms with Crippen molar-refractivity contribution in [1.29, 1.82) is 0 Å². The van der Waals surface area contributed by atoms with Crippen LogP contribution in [0.5, 0.6) is 0 Å². The average Bonchev–Trinajstić information content (AvgIpc) is 3.38. The lowest BCUT2D eigenvalue weighted by atomic mass is 9.71. The highest BCUT2D eigenvalue weighted by atomic mass is 32.2. The zero-order valence-corrected chi connectivity index (χ0v) is 63.7. The van der Waals surface area contributed by atoms with E-state index in [1.165, 1.54) is 285 Å². The Morgan fingerprint density at radius 1 is 0.212 bits per heavy atom. The van der Waals surface area contributed by atoms with Crippen LogP contribution in [0.1, 0.15) is 289 Å². The van der Waals surface area contributed by atoms with Gasteiger partial charge in [0.05, 0.1) is 0 Å². The maximum Gasteiger partial charge on any atom is 0.00750 e. The van der Waals surface area contributed by atoms with E-state index in [1.807, 2.05) is 0 Å². The molecule has 6 unspecified atom stereocenters. The topological polar surface area (TPSA) is 0 Å². The summed E-state index contributed by atoms with van der Waals surface area (Å²) in [7, 11) is 0. The van der Waals surface area contributed by atoms with Crippen molar-refractivity contribution >= 4 is 118 Å². The molecule has 478 valence electrons. The summed E-state index contributed by atoms with van der Waals surface area (Å²) < 4.78 is 1.70. The van der Waals surface area contributed by atoms with Gasteiger partial charge in [-0.05, 0) is 256 Å². The molecule has 0 nitrogen and oxygen atoms in total. The first-order chi connectivity index (χ1) is 38.3. The monoisotopic (exact) mass is 1300 g/mol. The standard InChI is InChI=1S/C70H138S10/c1-67(2,3)77-49-29-19-15-25-43-71-53-37-61-33-35-63(39-55-73-45-27-17-21-31-51-79-69(7,8)9)65(59-61)41-57-75-47-23-13-14-24-48-76-58-42-66-60-62(38-54-72-44-26-16-20-30-50-78-68(4,5)6)34-36-64(66)40-56-74-46-28-18-22-32-52-80-70(10,11)12/h61-66H,13-60H2,1-12H3. The number of unbranched alkanes of at least 4 members (excludes halogenated alkanes) is 15. The maximum atomic E-state index is 2.36. The summed E-state index contributed by atoms with van der Waals surface area (Å²) in [6.07, 6.45) is 46.8. The van der Waals surface area contributed by atoms with Crippen LogP contribution >= 0.6 is 118 Å². The molecule has 2 fully saturated rings. The lowest BCUT2D eigenvalue weighted by Gasteiger charge is -2.36. The van der Waals surface area contributed by atoms with Crippen LogP contribution in [0.2, 0.25) is 0 Å². The van der Waals surface area contributed by atoms with Crippen molar-refractivity contribution < 1.29 is 0 Å². The fourth-order valence-corrected chi connectivity index (χ4v) is 22.2. The summed E-state index contributed by atoms with van der Waals surface area (Å²) in [4.78, 5) is 0. The van der Waals surface area contributed by atoms with Crippen molar-refractivity contribution in [1.82, 2.24) is 0 Å². The molecule has 2 rings (SSSR count). The van der Waals surface area contributed by atoms with E-state index in [-0.39, 0.29) is 0 Å². The molecule has 6 atom stereocenters. The predicted molar refractivity (Wildman–Crippen MR) is 401 cm³/mol. The Balaban J connectivity index is 1.68. The van der Waals surface area contributed by atoms with Gasteiger partial charge in [-0.15, -0.1) is 0 Å². The van der Waals surface area contributed by atoms with Crippen molar-refractivity contribution in [3.63, 3.8) is 0 Å². The van der Waals surface area contributed by atoms with Crippen LogP contribution in [0, 0.1) is 35.5 Å². The van der Waals surface area contributed by atoms with E-state index in [0.29, 0.717) is 19.0 Å². The molecule has 0 aromatic heterocycles. The first kappa shape index (κ1) is 79.6. The first-order valence-corrected chi connectivity index (χ1v) is 45.2. The SMILES string of the molecule is CC(C)(C)SCCCCCCSCCC1CCC(CCSCCCCCCSC(C)(C)C)C(CCSCCCCCCSCCC2CC(CCSCCCCCCSC(C)(C)C)CCC2CCSCCCCCCSC(C)(C)C)C1. The lowest BCUT2D eigenvalue weighted by molar-refractivity contribution is 0.169. The van der Waals surface area contributed by atoms with Crippen molar-refractivity contribution in [3.8, 4) is 0 Å². The summed E-state index contributed by atoms with van der Waals surface area (Å²) in [5.41, 5.74) is 0. The molecule has 0 saturated heterocycles. The average molecular weight is 1300 g/mol. The van der Waals surface area contributed by atoms with Crippen LogP contribution in [0.3, 0.4) is 0 Å². The van der Waals surface area contributed by atoms with E-state index in [9.17, 15) is 0 Å². The molecule has 2 aliphatic carbocycles. The molecule has 0 spiro atoms. The Labute approximate surface area is 547 Å². The van der Waals surface area contributed by atoms with Gasteiger partial charge in [0.2, 0.25) is 0 Å². The summed E-state index contributed by atoms with van der Waals surface area (Å²) in [5, 5.41) is 0. The fourth-order valence-electron chi connectivity index (χ4n) is 11.8. The van der Waals surface area contributed by atoms with Gasteiger partial charge in [0.15, 0.2) is 0 Å². The van der Waals surface area contributed by atoms with Gasteiger partial charge in [-0.3, -0.25) is 0 Å². The van der Waals surface area contributed by atoms with Crippen LogP contribution in [0.15, 0.2) is 0 Å². The minimum Gasteiger partial charge on any atom is -0.162 e. The second-order valence-corrected chi connectivity index (χ2v) is 43.8. The minimum absolute atomic E-state index is 0.423. The zero-order valence-electron chi connectivity index (χ0n) is 55.5. The molecule has 0 bridgehead atoms. The molecule has 0 aromatic carbocycles. The second kappa shape index (κ2) is 51.2. The van der Waals surface area contributed by atoms with Gasteiger partial charge >= 0.3 is 0 Å². The highest BCUT2D eigenvalue weighted by Crippen LogP contribution is 2.43. The van der Waals surface area contributed by atoms with Gasteiger partial charge in [-0.2, -0.15) is 118 Å². The van der Waals surface area contributed by atoms with E-state index in [0.717, 1.165) is 35.5 Å². The van der Waals surface area contributed by atoms with E-state index >= 15 is 0 Å². The van der Waals surface area contributed by atoms with Crippen molar-refractivity contribution in [2.24, 2.45) is 35.5 Å². The van der Waals surface area contributed by atoms with Crippen LogP contribution in [-0.4, -0.2) is 111 Å². The Morgan fingerprint density at radius 2 is 0.412 bits per heavy atom. The Bertz CT molecular complexity index is 1230. The summed E-state index contributed by atoms with van der Waals surface area (Å²) in [6, 6.07) is 0. The van der Waals surface area contributed by atoms with Gasteiger partial charge in [-0.25, -0.2) is 0 Å². The molecule has 0 N–H and O–H groups in total. The molecular weight excluding hydrogens is 1160 g/mol. The molecule has 80 heavy (non-hydrogen) atoms. The van der Waals surface area contributed by atoms with E-state index in [2.05, 4.69) is 201 Å². The highest BCUT2D eigenvalue weighted by molar-refractivity contribution is 8.01. The number of rotatable bonds is 53. The van der Waals surface area contributed by atoms with Gasteiger partial charge in [0.25, 0.3) is 0 Å². The van der Waals surface area contributed by atoms with Crippen LogP contribution in [0.25, 0.3) is 0 Å². The smallest absolute Gasteiger partial charge is 0.00750 e. The number of thioether (sulfide) groups is 10. The van der Waals surface area contributed by atoms with Crippen LogP contribution < -0.4 is 0 Å². The molecular formula is C70H138S10. The van der Waals surface area contributed by atoms with Gasteiger partial charge in [0, 0.05) is 19.0 Å². The normalized spacial score (nSPS) is 20.6. The molecule has 2 saturated carbocycles. The quantitative estimate of drug-likeness (QED) is 0.0538.